The van der Waals surface area contributed by atoms with Crippen LogP contribution in [0.25, 0.3) is 16.9 Å². The number of benzene rings is 1. The van der Waals surface area contributed by atoms with E-state index in [0.717, 1.165) is 35.5 Å². The van der Waals surface area contributed by atoms with E-state index in [1.165, 1.54) is 11.4 Å². The second-order valence-corrected chi connectivity index (χ2v) is 5.39. The van der Waals surface area contributed by atoms with Crippen molar-refractivity contribution in [1.29, 1.82) is 0 Å². The Morgan fingerprint density at radius 3 is 2.59 bits per heavy atom. The van der Waals surface area contributed by atoms with Crippen molar-refractivity contribution in [3.63, 3.8) is 0 Å². The maximum absolute atomic E-state index is 5.71. The lowest BCUT2D eigenvalue weighted by molar-refractivity contribution is 0.415. The van der Waals surface area contributed by atoms with Crippen molar-refractivity contribution in [2.45, 2.75) is 19.8 Å². The van der Waals surface area contributed by atoms with Gasteiger partial charge in [0, 0.05) is 11.3 Å². The van der Waals surface area contributed by atoms with E-state index in [-0.39, 0.29) is 0 Å². The van der Waals surface area contributed by atoms with E-state index < -0.39 is 0 Å². The monoisotopic (exact) mass is 295 g/mol. The molecule has 0 fully saturated rings. The molecule has 3 aromatic rings. The van der Waals surface area contributed by atoms with Crippen molar-refractivity contribution in [3.8, 4) is 17.0 Å². The SMILES string of the molecule is COc1ccc(-c2nc3cccc(C)n3c2CCCN)cc1. The number of imidazole rings is 1. The predicted octanol–water partition coefficient (Wildman–Crippen LogP) is 3.21. The number of hydrogen-bond acceptors (Lipinski definition) is 3. The van der Waals surface area contributed by atoms with Gasteiger partial charge in [0.05, 0.1) is 18.5 Å². The smallest absolute Gasteiger partial charge is 0.137 e. The van der Waals surface area contributed by atoms with Crippen molar-refractivity contribution in [2.24, 2.45) is 5.73 Å². The summed E-state index contributed by atoms with van der Waals surface area (Å²) in [4.78, 5) is 4.83. The van der Waals surface area contributed by atoms with E-state index in [1.807, 2.05) is 24.3 Å². The number of ether oxygens (including phenoxy) is 1. The fourth-order valence-corrected chi connectivity index (χ4v) is 2.81. The topological polar surface area (TPSA) is 52.5 Å². The number of nitrogens with zero attached hydrogens (tertiary/aromatic N) is 2. The molecule has 4 nitrogen and oxygen atoms in total. The number of methoxy groups -OCH3 is 1. The molecule has 0 aliphatic heterocycles. The second kappa shape index (κ2) is 6.20. The average Bonchev–Trinajstić information content (AvgIpc) is 2.93. The van der Waals surface area contributed by atoms with Gasteiger partial charge in [0.1, 0.15) is 11.4 Å². The first-order valence-electron chi connectivity index (χ1n) is 7.56. The summed E-state index contributed by atoms with van der Waals surface area (Å²) in [5.74, 6) is 0.854. The van der Waals surface area contributed by atoms with Gasteiger partial charge in [0.2, 0.25) is 0 Å². The van der Waals surface area contributed by atoms with Gasteiger partial charge in [0.25, 0.3) is 0 Å². The average molecular weight is 295 g/mol. The zero-order valence-corrected chi connectivity index (χ0v) is 13.0. The summed E-state index contributed by atoms with van der Waals surface area (Å²) in [5, 5.41) is 0. The number of aryl methyl sites for hydroxylation is 2. The van der Waals surface area contributed by atoms with Crippen LogP contribution in [0, 0.1) is 6.92 Å². The third-order valence-corrected chi connectivity index (χ3v) is 3.92. The van der Waals surface area contributed by atoms with Crippen LogP contribution in [0.5, 0.6) is 5.75 Å². The summed E-state index contributed by atoms with van der Waals surface area (Å²) in [6.45, 7) is 2.79. The van der Waals surface area contributed by atoms with E-state index in [1.54, 1.807) is 7.11 Å². The molecule has 0 amide bonds. The van der Waals surface area contributed by atoms with Crippen molar-refractivity contribution < 1.29 is 4.74 Å². The Morgan fingerprint density at radius 1 is 1.14 bits per heavy atom. The lowest BCUT2D eigenvalue weighted by Gasteiger charge is -2.07. The van der Waals surface area contributed by atoms with Crippen LogP contribution in [0.4, 0.5) is 0 Å². The van der Waals surface area contributed by atoms with Crippen LogP contribution < -0.4 is 10.5 Å². The lowest BCUT2D eigenvalue weighted by Crippen LogP contribution is -2.04. The minimum Gasteiger partial charge on any atom is -0.497 e. The highest BCUT2D eigenvalue weighted by Crippen LogP contribution is 2.28. The highest BCUT2D eigenvalue weighted by molar-refractivity contribution is 5.67. The Balaban J connectivity index is 2.16. The van der Waals surface area contributed by atoms with Gasteiger partial charge in [-0.2, -0.15) is 0 Å². The molecule has 0 unspecified atom stereocenters. The van der Waals surface area contributed by atoms with Crippen LogP contribution in [-0.2, 0) is 6.42 Å². The molecule has 22 heavy (non-hydrogen) atoms. The second-order valence-electron chi connectivity index (χ2n) is 5.39. The molecular weight excluding hydrogens is 274 g/mol. The van der Waals surface area contributed by atoms with Gasteiger partial charge >= 0.3 is 0 Å². The predicted molar refractivity (Wildman–Crippen MR) is 89.3 cm³/mol. The summed E-state index contributed by atoms with van der Waals surface area (Å²) in [6, 6.07) is 14.3. The Morgan fingerprint density at radius 2 is 1.91 bits per heavy atom. The lowest BCUT2D eigenvalue weighted by atomic mass is 10.1. The maximum Gasteiger partial charge on any atom is 0.137 e. The summed E-state index contributed by atoms with van der Waals surface area (Å²) < 4.78 is 7.47. The van der Waals surface area contributed by atoms with E-state index >= 15 is 0 Å². The molecule has 0 saturated carbocycles. The first-order valence-corrected chi connectivity index (χ1v) is 7.56. The normalized spacial score (nSPS) is 11.0. The van der Waals surface area contributed by atoms with Crippen LogP contribution in [-0.4, -0.2) is 23.0 Å². The molecule has 3 rings (SSSR count). The summed E-state index contributed by atoms with van der Waals surface area (Å²) >= 11 is 0. The number of aromatic nitrogens is 2. The summed E-state index contributed by atoms with van der Waals surface area (Å²) in [6.07, 6.45) is 1.87. The molecule has 0 saturated heterocycles. The molecular formula is C18H21N3O. The van der Waals surface area contributed by atoms with Gasteiger partial charge in [-0.3, -0.25) is 0 Å². The highest BCUT2D eigenvalue weighted by atomic mass is 16.5. The van der Waals surface area contributed by atoms with Crippen molar-refractivity contribution in [1.82, 2.24) is 9.38 Å². The fraction of sp³-hybridized carbons (Fsp3) is 0.278. The largest absolute Gasteiger partial charge is 0.497 e. The molecule has 114 valence electrons. The third-order valence-electron chi connectivity index (χ3n) is 3.92. The quantitative estimate of drug-likeness (QED) is 0.786. The number of nitrogens with two attached hydrogens (primary N) is 1. The van der Waals surface area contributed by atoms with Gasteiger partial charge in [-0.1, -0.05) is 6.07 Å². The molecule has 2 heterocycles. The minimum absolute atomic E-state index is 0.682. The summed E-state index contributed by atoms with van der Waals surface area (Å²) in [7, 11) is 1.68. The summed E-state index contributed by atoms with van der Waals surface area (Å²) in [5.41, 5.74) is 11.2. The van der Waals surface area contributed by atoms with Crippen molar-refractivity contribution in [2.75, 3.05) is 13.7 Å². The minimum atomic E-state index is 0.682. The Bertz CT molecular complexity index is 775. The van der Waals surface area contributed by atoms with Crippen LogP contribution in [0.1, 0.15) is 17.8 Å². The van der Waals surface area contributed by atoms with E-state index in [2.05, 4.69) is 29.5 Å². The maximum atomic E-state index is 5.71. The number of hydrogen-bond donors (Lipinski definition) is 1. The molecule has 0 aliphatic rings. The van der Waals surface area contributed by atoms with E-state index in [0.29, 0.717) is 6.54 Å². The fourth-order valence-electron chi connectivity index (χ4n) is 2.81. The Kier molecular flexibility index (Phi) is 4.11. The van der Waals surface area contributed by atoms with Crippen molar-refractivity contribution >= 4 is 5.65 Å². The zero-order chi connectivity index (χ0) is 15.5. The molecule has 1 aromatic carbocycles. The molecule has 0 bridgehead atoms. The zero-order valence-electron chi connectivity index (χ0n) is 13.0. The van der Waals surface area contributed by atoms with Crippen LogP contribution in [0.3, 0.4) is 0 Å². The number of rotatable bonds is 5. The molecule has 2 N–H and O–H groups in total. The standard InChI is InChI=1S/C18H21N3O/c1-13-5-3-7-17-20-18(16(21(13)17)6-4-12-19)14-8-10-15(22-2)11-9-14/h3,5,7-11H,4,6,12,19H2,1-2H3. The van der Waals surface area contributed by atoms with Gasteiger partial charge in [-0.05, 0) is 62.7 Å². The van der Waals surface area contributed by atoms with Gasteiger partial charge in [0.15, 0.2) is 0 Å². The Labute approximate surface area is 130 Å². The molecule has 0 aliphatic carbocycles. The first-order chi connectivity index (χ1) is 10.7. The third kappa shape index (κ3) is 2.57. The van der Waals surface area contributed by atoms with Crippen LogP contribution in [0.15, 0.2) is 42.5 Å². The van der Waals surface area contributed by atoms with Gasteiger partial charge in [-0.25, -0.2) is 4.98 Å². The van der Waals surface area contributed by atoms with Crippen molar-refractivity contribution in [3.05, 3.63) is 53.9 Å². The number of fused-ring (bicyclic) bond motifs is 1. The van der Waals surface area contributed by atoms with Crippen LogP contribution >= 0.6 is 0 Å². The number of pyridine rings is 1. The molecule has 0 atom stereocenters. The first kappa shape index (κ1) is 14.6. The van der Waals surface area contributed by atoms with Crippen LogP contribution in [0.2, 0.25) is 0 Å². The van der Waals surface area contributed by atoms with E-state index in [4.69, 9.17) is 15.5 Å². The van der Waals surface area contributed by atoms with Gasteiger partial charge in [-0.15, -0.1) is 0 Å². The van der Waals surface area contributed by atoms with E-state index in [9.17, 15) is 0 Å². The molecule has 2 aromatic heterocycles. The molecule has 0 spiro atoms. The van der Waals surface area contributed by atoms with Gasteiger partial charge < -0.3 is 14.9 Å². The highest BCUT2D eigenvalue weighted by Gasteiger charge is 2.14. The molecule has 4 heteroatoms. The Hall–Kier alpha value is -2.33. The molecule has 0 radical (unpaired) electrons.